The van der Waals surface area contributed by atoms with Gasteiger partial charge in [-0.25, -0.2) is 0 Å². The average molecular weight is 217 g/mol. The van der Waals surface area contributed by atoms with E-state index in [0.717, 1.165) is 13.0 Å². The van der Waals surface area contributed by atoms with Gasteiger partial charge in [-0.15, -0.1) is 0 Å². The van der Waals surface area contributed by atoms with Crippen LogP contribution in [-0.2, 0) is 4.74 Å². The highest BCUT2D eigenvalue weighted by atomic mass is 16.5. The Hall–Kier alpha value is -1.51. The summed E-state index contributed by atoms with van der Waals surface area (Å²) in [5.74, 6) is 0.443. The van der Waals surface area contributed by atoms with Crippen LogP contribution < -0.4 is 0 Å². The molecule has 0 aliphatic carbocycles. The van der Waals surface area contributed by atoms with Crippen molar-refractivity contribution in [3.8, 4) is 0 Å². The van der Waals surface area contributed by atoms with E-state index >= 15 is 0 Å². The molecule has 16 heavy (non-hydrogen) atoms. The summed E-state index contributed by atoms with van der Waals surface area (Å²) in [6.07, 6.45) is 1.03. The average Bonchev–Trinajstić information content (AvgIpc) is 2.75. The predicted octanol–water partition coefficient (Wildman–Crippen LogP) is 3.18. The Morgan fingerprint density at radius 1 is 1.56 bits per heavy atom. The fraction of sp³-hybridized carbons (Fsp3) is 0.500. The molecule has 4 nitrogen and oxygen atoms in total. The molecule has 0 saturated carbocycles. The van der Waals surface area contributed by atoms with Crippen LogP contribution in [0.4, 0.5) is 0 Å². The highest BCUT2D eigenvalue weighted by molar-refractivity contribution is 5.26. The lowest BCUT2D eigenvalue weighted by Gasteiger charge is -2.08. The number of ether oxygens (including phenoxy) is 1. The number of aryl methyl sites for hydroxylation is 1. The number of rotatable bonds is 3. The minimum absolute atomic E-state index is 0.0846. The van der Waals surface area contributed by atoms with Gasteiger partial charge in [0, 0.05) is 10.8 Å². The standard InChI is InChI=1S/C12H15N3O/c1-9-3-2-4-10(5-9)11-6-12(16-8-11)7-14-15-13/h2-5,11-12H,6-8H2,1H3/t11-,12-/m0/s1. The third-order valence-electron chi connectivity index (χ3n) is 2.94. The maximum atomic E-state index is 8.25. The van der Waals surface area contributed by atoms with E-state index < -0.39 is 0 Å². The molecule has 1 aromatic rings. The second-order valence-electron chi connectivity index (χ2n) is 4.22. The molecule has 4 heteroatoms. The molecule has 0 radical (unpaired) electrons. The molecule has 0 aromatic heterocycles. The first-order valence-electron chi connectivity index (χ1n) is 5.48. The maximum Gasteiger partial charge on any atom is 0.0638 e. The first-order chi connectivity index (χ1) is 7.79. The Bertz CT molecular complexity index is 412. The van der Waals surface area contributed by atoms with E-state index in [0.29, 0.717) is 12.5 Å². The minimum Gasteiger partial charge on any atom is -0.377 e. The number of hydrogen-bond donors (Lipinski definition) is 0. The van der Waals surface area contributed by atoms with Crippen LogP contribution in [0.5, 0.6) is 0 Å². The van der Waals surface area contributed by atoms with Gasteiger partial charge < -0.3 is 4.74 Å². The molecule has 1 saturated heterocycles. The van der Waals surface area contributed by atoms with Crippen LogP contribution in [0.15, 0.2) is 29.4 Å². The van der Waals surface area contributed by atoms with Crippen molar-refractivity contribution >= 4 is 0 Å². The van der Waals surface area contributed by atoms with E-state index in [9.17, 15) is 0 Å². The SMILES string of the molecule is Cc1cccc([C@@H]2CO[C@H](CN=[N+]=[N-])C2)c1. The van der Waals surface area contributed by atoms with Crippen molar-refractivity contribution in [2.45, 2.75) is 25.4 Å². The quantitative estimate of drug-likeness (QED) is 0.435. The fourth-order valence-electron chi connectivity index (χ4n) is 2.12. The molecular weight excluding hydrogens is 202 g/mol. The summed E-state index contributed by atoms with van der Waals surface area (Å²) in [7, 11) is 0. The Labute approximate surface area is 94.9 Å². The van der Waals surface area contributed by atoms with E-state index in [4.69, 9.17) is 10.3 Å². The molecule has 0 N–H and O–H groups in total. The fourth-order valence-corrected chi connectivity index (χ4v) is 2.12. The zero-order valence-corrected chi connectivity index (χ0v) is 9.34. The Balaban J connectivity index is 2.00. The molecule has 84 valence electrons. The van der Waals surface area contributed by atoms with Crippen molar-refractivity contribution in [2.24, 2.45) is 5.11 Å². The number of hydrogen-bond acceptors (Lipinski definition) is 2. The van der Waals surface area contributed by atoms with Gasteiger partial charge in [-0.3, -0.25) is 0 Å². The van der Waals surface area contributed by atoms with E-state index in [1.165, 1.54) is 11.1 Å². The molecule has 0 amide bonds. The maximum absolute atomic E-state index is 8.25. The van der Waals surface area contributed by atoms with Crippen LogP contribution in [0.25, 0.3) is 10.4 Å². The van der Waals surface area contributed by atoms with Crippen molar-refractivity contribution < 1.29 is 4.74 Å². The number of nitrogens with zero attached hydrogens (tertiary/aromatic N) is 3. The molecule has 1 aliphatic rings. The highest BCUT2D eigenvalue weighted by Crippen LogP contribution is 2.29. The van der Waals surface area contributed by atoms with Crippen molar-refractivity contribution in [2.75, 3.05) is 13.2 Å². The van der Waals surface area contributed by atoms with Crippen molar-refractivity contribution in [3.05, 3.63) is 45.8 Å². The smallest absolute Gasteiger partial charge is 0.0638 e. The largest absolute Gasteiger partial charge is 0.377 e. The summed E-state index contributed by atoms with van der Waals surface area (Å²) in [4.78, 5) is 2.76. The monoisotopic (exact) mass is 217 g/mol. The van der Waals surface area contributed by atoms with Crippen LogP contribution >= 0.6 is 0 Å². The van der Waals surface area contributed by atoms with Crippen molar-refractivity contribution in [1.29, 1.82) is 0 Å². The first kappa shape index (κ1) is 11.0. The van der Waals surface area contributed by atoms with Crippen molar-refractivity contribution in [1.82, 2.24) is 0 Å². The Kier molecular flexibility index (Phi) is 3.44. The van der Waals surface area contributed by atoms with Gasteiger partial charge in [0.25, 0.3) is 0 Å². The van der Waals surface area contributed by atoms with Crippen LogP contribution in [0.2, 0.25) is 0 Å². The van der Waals surface area contributed by atoms with Crippen LogP contribution in [0.1, 0.15) is 23.5 Å². The predicted molar refractivity (Wildman–Crippen MR) is 62.3 cm³/mol. The van der Waals surface area contributed by atoms with Gasteiger partial charge in [-0.1, -0.05) is 34.9 Å². The molecule has 0 unspecified atom stereocenters. The Morgan fingerprint density at radius 3 is 3.19 bits per heavy atom. The molecule has 2 rings (SSSR count). The van der Waals surface area contributed by atoms with Crippen molar-refractivity contribution in [3.63, 3.8) is 0 Å². The highest BCUT2D eigenvalue weighted by Gasteiger charge is 2.25. The van der Waals surface area contributed by atoms with Crippen LogP contribution in [0.3, 0.4) is 0 Å². The zero-order valence-electron chi connectivity index (χ0n) is 9.34. The van der Waals surface area contributed by atoms with Gasteiger partial charge >= 0.3 is 0 Å². The molecule has 0 spiro atoms. The third-order valence-corrected chi connectivity index (χ3v) is 2.94. The molecular formula is C12H15N3O. The summed E-state index contributed by atoms with van der Waals surface area (Å²) in [6.45, 7) is 3.27. The first-order valence-corrected chi connectivity index (χ1v) is 5.48. The second-order valence-corrected chi connectivity index (χ2v) is 4.22. The summed E-state index contributed by atoms with van der Waals surface area (Å²) >= 11 is 0. The zero-order chi connectivity index (χ0) is 11.4. The lowest BCUT2D eigenvalue weighted by molar-refractivity contribution is 0.116. The van der Waals surface area contributed by atoms with Gasteiger partial charge in [-0.05, 0) is 24.4 Å². The van der Waals surface area contributed by atoms with Crippen LogP contribution in [0, 0.1) is 6.92 Å². The molecule has 1 heterocycles. The number of azide groups is 1. The molecule has 0 bridgehead atoms. The summed E-state index contributed by atoms with van der Waals surface area (Å²) in [6, 6.07) is 8.50. The van der Waals surface area contributed by atoms with Gasteiger partial charge in [0.2, 0.25) is 0 Å². The molecule has 1 fully saturated rings. The Morgan fingerprint density at radius 2 is 2.44 bits per heavy atom. The molecule has 2 atom stereocenters. The minimum atomic E-state index is 0.0846. The topological polar surface area (TPSA) is 58.0 Å². The summed E-state index contributed by atoms with van der Waals surface area (Å²) in [5, 5.41) is 3.56. The molecule has 1 aliphatic heterocycles. The van der Waals surface area contributed by atoms with E-state index in [1.54, 1.807) is 0 Å². The van der Waals surface area contributed by atoms with E-state index in [1.807, 2.05) is 0 Å². The van der Waals surface area contributed by atoms with Gasteiger partial charge in [0.15, 0.2) is 0 Å². The van der Waals surface area contributed by atoms with Crippen LogP contribution in [-0.4, -0.2) is 19.3 Å². The van der Waals surface area contributed by atoms with Gasteiger partial charge in [-0.2, -0.15) is 0 Å². The number of benzene rings is 1. The van der Waals surface area contributed by atoms with E-state index in [-0.39, 0.29) is 6.10 Å². The second kappa shape index (κ2) is 5.01. The lowest BCUT2D eigenvalue weighted by atomic mass is 9.95. The van der Waals surface area contributed by atoms with Gasteiger partial charge in [0.05, 0.1) is 19.3 Å². The third kappa shape index (κ3) is 2.54. The summed E-state index contributed by atoms with van der Waals surface area (Å²) < 4.78 is 5.60. The lowest BCUT2D eigenvalue weighted by Crippen LogP contribution is -2.08. The molecule has 1 aromatic carbocycles. The summed E-state index contributed by atoms with van der Waals surface area (Å²) in [5.41, 5.74) is 10.8. The van der Waals surface area contributed by atoms with Gasteiger partial charge in [0.1, 0.15) is 0 Å². The van der Waals surface area contributed by atoms with E-state index in [2.05, 4.69) is 41.2 Å². The normalized spacial score (nSPS) is 24.1.